The summed E-state index contributed by atoms with van der Waals surface area (Å²) in [6.07, 6.45) is 0.421. The van der Waals surface area contributed by atoms with Crippen LogP contribution >= 0.6 is 0 Å². The maximum Gasteiger partial charge on any atom is 0.245 e. The van der Waals surface area contributed by atoms with Crippen LogP contribution in [0.25, 0.3) is 0 Å². The molecule has 0 bridgehead atoms. The lowest BCUT2D eigenvalue weighted by molar-refractivity contribution is 0.174. The minimum atomic E-state index is -0.317. The van der Waals surface area contributed by atoms with E-state index in [9.17, 15) is 5.11 Å². The second-order valence-electron chi connectivity index (χ2n) is 3.47. The predicted octanol–water partition coefficient (Wildman–Crippen LogP) is -0.216. The summed E-state index contributed by atoms with van der Waals surface area (Å²) in [4.78, 5) is 0. The van der Waals surface area contributed by atoms with Gasteiger partial charge in [0.1, 0.15) is 0 Å². The van der Waals surface area contributed by atoms with Crippen LogP contribution in [0.2, 0.25) is 0 Å². The highest BCUT2D eigenvalue weighted by Crippen LogP contribution is 1.94. The van der Waals surface area contributed by atoms with E-state index in [2.05, 4.69) is 5.23 Å². The summed E-state index contributed by atoms with van der Waals surface area (Å²) in [5.74, 6) is 0. The van der Waals surface area contributed by atoms with E-state index in [1.807, 2.05) is 38.6 Å². The molecule has 0 saturated heterocycles. The Morgan fingerprint density at radius 1 is 1.40 bits per heavy atom. The first kappa shape index (κ1) is 12.2. The van der Waals surface area contributed by atoms with Gasteiger partial charge in [0, 0.05) is 6.54 Å². The fourth-order valence-electron chi connectivity index (χ4n) is 1.27. The maximum absolute atomic E-state index is 9.33. The molecular formula is C11H17BNO2. The normalized spacial score (nSPS) is 12.5. The number of aliphatic hydroxyl groups is 2. The molecule has 0 aliphatic rings. The molecule has 81 valence electrons. The minimum Gasteiger partial charge on any atom is -0.392 e. The second kappa shape index (κ2) is 6.61. The van der Waals surface area contributed by atoms with Gasteiger partial charge in [-0.1, -0.05) is 36.7 Å². The lowest BCUT2D eigenvalue weighted by Crippen LogP contribution is -2.37. The van der Waals surface area contributed by atoms with Gasteiger partial charge in [-0.2, -0.15) is 0 Å². The molecular weight excluding hydrogens is 189 g/mol. The molecule has 0 aliphatic carbocycles. The van der Waals surface area contributed by atoms with E-state index in [0.29, 0.717) is 6.54 Å². The molecule has 0 spiro atoms. The molecule has 1 aromatic carbocycles. The van der Waals surface area contributed by atoms with Gasteiger partial charge < -0.3 is 15.4 Å². The molecule has 1 radical (unpaired) electrons. The van der Waals surface area contributed by atoms with Crippen LogP contribution in [-0.2, 0) is 6.61 Å². The Hall–Kier alpha value is -0.835. The zero-order valence-corrected chi connectivity index (χ0v) is 8.98. The fourth-order valence-corrected chi connectivity index (χ4v) is 1.27. The number of rotatable bonds is 6. The third-order valence-electron chi connectivity index (χ3n) is 2.31. The Balaban J connectivity index is 2.43. The molecule has 4 heteroatoms. The Morgan fingerprint density at radius 2 is 2.13 bits per heavy atom. The summed E-state index contributed by atoms with van der Waals surface area (Å²) in [5, 5.41) is 21.4. The van der Waals surface area contributed by atoms with Crippen LogP contribution in [0.3, 0.4) is 0 Å². The maximum atomic E-state index is 9.33. The van der Waals surface area contributed by atoms with Gasteiger partial charge >= 0.3 is 0 Å². The Labute approximate surface area is 91.4 Å². The smallest absolute Gasteiger partial charge is 0.245 e. The van der Waals surface area contributed by atoms with Gasteiger partial charge in [0.2, 0.25) is 7.41 Å². The van der Waals surface area contributed by atoms with E-state index in [0.717, 1.165) is 17.4 Å². The standard InChI is InChI=1S/C11H17BNO2/c1-2-10(15)7-13-12-11-6-4-3-5-9(11)8-14/h3-6,10,13-15H,2,7-8H2,1H3. The lowest BCUT2D eigenvalue weighted by Gasteiger charge is -2.10. The molecule has 0 heterocycles. The van der Waals surface area contributed by atoms with Crippen molar-refractivity contribution in [1.82, 2.24) is 5.23 Å². The quantitative estimate of drug-likeness (QED) is 0.564. The zero-order chi connectivity index (χ0) is 11.1. The number of nitrogens with one attached hydrogen (secondary N) is 1. The highest BCUT2D eigenvalue weighted by Gasteiger charge is 2.04. The van der Waals surface area contributed by atoms with Gasteiger partial charge in [0.15, 0.2) is 0 Å². The molecule has 0 aromatic heterocycles. The third-order valence-corrected chi connectivity index (χ3v) is 2.31. The van der Waals surface area contributed by atoms with Gasteiger partial charge in [0.05, 0.1) is 12.7 Å². The van der Waals surface area contributed by atoms with Crippen molar-refractivity contribution in [3.05, 3.63) is 29.8 Å². The topological polar surface area (TPSA) is 52.5 Å². The summed E-state index contributed by atoms with van der Waals surface area (Å²) in [6.45, 7) is 2.51. The van der Waals surface area contributed by atoms with Crippen LogP contribution < -0.4 is 10.7 Å². The van der Waals surface area contributed by atoms with Crippen molar-refractivity contribution in [2.24, 2.45) is 0 Å². The van der Waals surface area contributed by atoms with Crippen molar-refractivity contribution in [2.75, 3.05) is 6.54 Å². The van der Waals surface area contributed by atoms with Crippen LogP contribution in [-0.4, -0.2) is 30.3 Å². The molecule has 15 heavy (non-hydrogen) atoms. The van der Waals surface area contributed by atoms with Crippen molar-refractivity contribution in [3.8, 4) is 0 Å². The first-order chi connectivity index (χ1) is 7.27. The first-order valence-electron chi connectivity index (χ1n) is 5.21. The van der Waals surface area contributed by atoms with Crippen molar-refractivity contribution >= 4 is 12.9 Å². The van der Waals surface area contributed by atoms with Gasteiger partial charge in [-0.25, -0.2) is 0 Å². The van der Waals surface area contributed by atoms with Crippen molar-refractivity contribution in [2.45, 2.75) is 26.1 Å². The highest BCUT2D eigenvalue weighted by atomic mass is 16.3. The number of hydrogen-bond donors (Lipinski definition) is 3. The Morgan fingerprint density at radius 3 is 2.80 bits per heavy atom. The van der Waals surface area contributed by atoms with Crippen LogP contribution in [0.15, 0.2) is 24.3 Å². The van der Waals surface area contributed by atoms with E-state index in [-0.39, 0.29) is 12.7 Å². The molecule has 0 fully saturated rings. The van der Waals surface area contributed by atoms with Crippen molar-refractivity contribution in [1.29, 1.82) is 0 Å². The van der Waals surface area contributed by atoms with E-state index in [1.165, 1.54) is 0 Å². The van der Waals surface area contributed by atoms with Crippen LogP contribution in [0.4, 0.5) is 0 Å². The van der Waals surface area contributed by atoms with Crippen LogP contribution in [0.1, 0.15) is 18.9 Å². The Kier molecular flexibility index (Phi) is 5.39. The minimum absolute atomic E-state index is 0.0324. The monoisotopic (exact) mass is 206 g/mol. The first-order valence-corrected chi connectivity index (χ1v) is 5.21. The van der Waals surface area contributed by atoms with Gasteiger partial charge in [-0.3, -0.25) is 0 Å². The summed E-state index contributed by atoms with van der Waals surface area (Å²) in [6, 6.07) is 7.62. The van der Waals surface area contributed by atoms with Crippen molar-refractivity contribution < 1.29 is 10.2 Å². The Bertz CT molecular complexity index is 294. The molecule has 3 N–H and O–H groups in total. The fraction of sp³-hybridized carbons (Fsp3) is 0.455. The summed E-state index contributed by atoms with van der Waals surface area (Å²) in [5.41, 5.74) is 1.85. The molecule has 1 unspecified atom stereocenters. The molecule has 0 aliphatic heterocycles. The predicted molar refractivity (Wildman–Crippen MR) is 62.1 cm³/mol. The van der Waals surface area contributed by atoms with E-state index in [4.69, 9.17) is 5.11 Å². The zero-order valence-electron chi connectivity index (χ0n) is 8.98. The largest absolute Gasteiger partial charge is 0.392 e. The van der Waals surface area contributed by atoms with E-state index < -0.39 is 0 Å². The summed E-state index contributed by atoms with van der Waals surface area (Å²) in [7, 11) is 1.82. The lowest BCUT2D eigenvalue weighted by atomic mass is 9.79. The molecule has 0 saturated carbocycles. The molecule has 1 atom stereocenters. The molecule has 3 nitrogen and oxygen atoms in total. The summed E-state index contributed by atoms with van der Waals surface area (Å²) >= 11 is 0. The van der Waals surface area contributed by atoms with Crippen LogP contribution in [0.5, 0.6) is 0 Å². The average molecular weight is 206 g/mol. The van der Waals surface area contributed by atoms with Crippen molar-refractivity contribution in [3.63, 3.8) is 0 Å². The van der Waals surface area contributed by atoms with Crippen LogP contribution in [0, 0.1) is 0 Å². The van der Waals surface area contributed by atoms with Gasteiger partial charge in [-0.05, 0) is 12.0 Å². The van der Waals surface area contributed by atoms with E-state index >= 15 is 0 Å². The third kappa shape index (κ3) is 4.04. The SMILES string of the molecule is CCC(O)CN[B]c1ccccc1CO. The van der Waals surface area contributed by atoms with E-state index in [1.54, 1.807) is 0 Å². The van der Waals surface area contributed by atoms with Gasteiger partial charge in [-0.15, -0.1) is 0 Å². The number of aliphatic hydroxyl groups excluding tert-OH is 2. The summed E-state index contributed by atoms with van der Waals surface area (Å²) < 4.78 is 0. The molecule has 0 amide bonds. The van der Waals surface area contributed by atoms with Gasteiger partial charge in [0.25, 0.3) is 0 Å². The second-order valence-corrected chi connectivity index (χ2v) is 3.47. The number of benzene rings is 1. The average Bonchev–Trinajstić information content (AvgIpc) is 2.29. The molecule has 1 rings (SSSR count). The molecule has 1 aromatic rings. The highest BCUT2D eigenvalue weighted by molar-refractivity contribution is 6.51. The number of hydrogen-bond acceptors (Lipinski definition) is 3.